The van der Waals surface area contributed by atoms with Crippen molar-refractivity contribution in [1.82, 2.24) is 10.9 Å². The van der Waals surface area contributed by atoms with Gasteiger partial charge in [0.25, 0.3) is 11.8 Å². The van der Waals surface area contributed by atoms with E-state index in [1.807, 2.05) is 6.92 Å². The fourth-order valence-electron chi connectivity index (χ4n) is 1.75. The average Bonchev–Trinajstić information content (AvgIpc) is 2.54. The van der Waals surface area contributed by atoms with E-state index < -0.39 is 11.8 Å². The molecule has 0 atom stereocenters. The Morgan fingerprint density at radius 3 is 2.61 bits per heavy atom. The van der Waals surface area contributed by atoms with Gasteiger partial charge in [-0.2, -0.15) is 0 Å². The molecule has 3 N–H and O–H groups in total. The number of rotatable bonds is 4. The van der Waals surface area contributed by atoms with E-state index in [1.54, 1.807) is 30.3 Å². The number of halogens is 1. The van der Waals surface area contributed by atoms with Gasteiger partial charge in [-0.05, 0) is 42.8 Å². The Balaban J connectivity index is 1.82. The molecular formula is C16H15ClN2O4. The Morgan fingerprint density at radius 1 is 1.17 bits per heavy atom. The second kappa shape index (κ2) is 7.51. The van der Waals surface area contributed by atoms with Crippen molar-refractivity contribution in [2.45, 2.75) is 6.92 Å². The van der Waals surface area contributed by atoms with Gasteiger partial charge in [0.2, 0.25) is 0 Å². The van der Waals surface area contributed by atoms with Gasteiger partial charge in [-0.1, -0.05) is 23.7 Å². The van der Waals surface area contributed by atoms with E-state index in [9.17, 15) is 14.7 Å². The number of nitrogens with one attached hydrogen (secondary N) is 2. The topological polar surface area (TPSA) is 87.7 Å². The van der Waals surface area contributed by atoms with Crippen molar-refractivity contribution in [2.24, 2.45) is 0 Å². The molecule has 0 saturated carbocycles. The van der Waals surface area contributed by atoms with Crippen LogP contribution < -0.4 is 15.6 Å². The van der Waals surface area contributed by atoms with Crippen LogP contribution in [-0.2, 0) is 4.79 Å². The normalized spacial score (nSPS) is 10.0. The predicted octanol–water partition coefficient (Wildman–Crippen LogP) is 2.19. The van der Waals surface area contributed by atoms with Crippen LogP contribution in [0.2, 0.25) is 5.02 Å². The number of hydrogen-bond donors (Lipinski definition) is 3. The third kappa shape index (κ3) is 4.62. The van der Waals surface area contributed by atoms with Gasteiger partial charge in [0, 0.05) is 5.02 Å². The van der Waals surface area contributed by atoms with E-state index >= 15 is 0 Å². The molecule has 0 aliphatic rings. The van der Waals surface area contributed by atoms with Crippen LogP contribution in [0.1, 0.15) is 15.9 Å². The van der Waals surface area contributed by atoms with Crippen LogP contribution >= 0.6 is 11.6 Å². The summed E-state index contributed by atoms with van der Waals surface area (Å²) in [5.74, 6) is -0.846. The van der Waals surface area contributed by atoms with E-state index in [-0.39, 0.29) is 17.9 Å². The summed E-state index contributed by atoms with van der Waals surface area (Å²) in [4.78, 5) is 23.4. The number of aryl methyl sites for hydroxylation is 1. The molecule has 0 heterocycles. The molecule has 0 spiro atoms. The highest BCUT2D eigenvalue weighted by Gasteiger charge is 2.11. The highest BCUT2D eigenvalue weighted by molar-refractivity contribution is 6.31. The largest absolute Gasteiger partial charge is 0.507 e. The van der Waals surface area contributed by atoms with Gasteiger partial charge in [-0.15, -0.1) is 0 Å². The number of ether oxygens (including phenoxy) is 1. The van der Waals surface area contributed by atoms with E-state index in [0.717, 1.165) is 5.56 Å². The number of aromatic hydroxyl groups is 1. The second-order valence-electron chi connectivity index (χ2n) is 4.72. The molecule has 23 heavy (non-hydrogen) atoms. The minimum atomic E-state index is -0.626. The van der Waals surface area contributed by atoms with E-state index in [1.165, 1.54) is 12.1 Å². The molecular weight excluding hydrogens is 320 g/mol. The Labute approximate surface area is 138 Å². The standard InChI is InChI=1S/C16H15ClN2O4/c1-10-8-11(6-7-13(10)17)23-9-15(21)18-19-16(22)12-4-2-3-5-14(12)20/h2-8,20H,9H2,1H3,(H,18,21)(H,19,22). The Bertz CT molecular complexity index is 734. The van der Waals surface area contributed by atoms with Gasteiger partial charge in [0.1, 0.15) is 11.5 Å². The highest BCUT2D eigenvalue weighted by atomic mass is 35.5. The number of hydrazine groups is 1. The first-order valence-corrected chi connectivity index (χ1v) is 7.11. The molecule has 0 fully saturated rings. The second-order valence-corrected chi connectivity index (χ2v) is 5.13. The van der Waals surface area contributed by atoms with Crippen molar-refractivity contribution in [3.8, 4) is 11.5 Å². The Kier molecular flexibility index (Phi) is 5.43. The summed E-state index contributed by atoms with van der Waals surface area (Å²) in [6.07, 6.45) is 0. The average molecular weight is 335 g/mol. The zero-order chi connectivity index (χ0) is 16.8. The van der Waals surface area contributed by atoms with E-state index in [0.29, 0.717) is 10.8 Å². The summed E-state index contributed by atoms with van der Waals surface area (Å²) < 4.78 is 5.29. The molecule has 0 radical (unpaired) electrons. The summed E-state index contributed by atoms with van der Waals surface area (Å²) in [6.45, 7) is 1.55. The van der Waals surface area contributed by atoms with Gasteiger partial charge in [0.05, 0.1) is 5.56 Å². The summed E-state index contributed by atoms with van der Waals surface area (Å²) in [5, 5.41) is 10.1. The number of amides is 2. The van der Waals surface area contributed by atoms with Crippen molar-refractivity contribution in [3.05, 3.63) is 58.6 Å². The maximum Gasteiger partial charge on any atom is 0.276 e. The molecule has 0 aliphatic carbocycles. The maximum atomic E-state index is 11.8. The Morgan fingerprint density at radius 2 is 1.91 bits per heavy atom. The van der Waals surface area contributed by atoms with Crippen molar-refractivity contribution in [3.63, 3.8) is 0 Å². The van der Waals surface area contributed by atoms with Crippen LogP contribution in [0.5, 0.6) is 11.5 Å². The number of hydrogen-bond acceptors (Lipinski definition) is 4. The molecule has 0 bridgehead atoms. The predicted molar refractivity (Wildman–Crippen MR) is 85.4 cm³/mol. The molecule has 2 aromatic carbocycles. The molecule has 0 unspecified atom stereocenters. The summed E-state index contributed by atoms with van der Waals surface area (Å²) >= 11 is 5.90. The summed E-state index contributed by atoms with van der Waals surface area (Å²) in [7, 11) is 0. The van der Waals surface area contributed by atoms with Crippen LogP contribution in [0.25, 0.3) is 0 Å². The molecule has 2 rings (SSSR count). The molecule has 7 heteroatoms. The minimum absolute atomic E-state index is 0.0574. The number of carbonyl (C=O) groups excluding carboxylic acids is 2. The number of para-hydroxylation sites is 1. The lowest BCUT2D eigenvalue weighted by Gasteiger charge is -2.10. The molecule has 2 amide bonds. The lowest BCUT2D eigenvalue weighted by atomic mass is 10.2. The number of benzene rings is 2. The first kappa shape index (κ1) is 16.6. The summed E-state index contributed by atoms with van der Waals surface area (Å²) in [5.41, 5.74) is 5.29. The third-order valence-electron chi connectivity index (χ3n) is 2.96. The molecule has 0 aromatic heterocycles. The van der Waals surface area contributed by atoms with Gasteiger partial charge < -0.3 is 9.84 Å². The van der Waals surface area contributed by atoms with Crippen LogP contribution in [-0.4, -0.2) is 23.5 Å². The fourth-order valence-corrected chi connectivity index (χ4v) is 1.87. The smallest absolute Gasteiger partial charge is 0.276 e. The van der Waals surface area contributed by atoms with Gasteiger partial charge >= 0.3 is 0 Å². The van der Waals surface area contributed by atoms with Crippen LogP contribution in [0.15, 0.2) is 42.5 Å². The molecule has 0 saturated heterocycles. The molecule has 2 aromatic rings. The van der Waals surface area contributed by atoms with Crippen LogP contribution in [0.4, 0.5) is 0 Å². The number of carbonyl (C=O) groups is 2. The third-order valence-corrected chi connectivity index (χ3v) is 3.39. The van der Waals surface area contributed by atoms with E-state index in [4.69, 9.17) is 16.3 Å². The quantitative estimate of drug-likeness (QED) is 0.748. The van der Waals surface area contributed by atoms with Gasteiger partial charge in [-0.25, -0.2) is 0 Å². The zero-order valence-corrected chi connectivity index (χ0v) is 13.1. The fraction of sp³-hybridized carbons (Fsp3) is 0.125. The zero-order valence-electron chi connectivity index (χ0n) is 12.3. The minimum Gasteiger partial charge on any atom is -0.507 e. The lowest BCUT2D eigenvalue weighted by Crippen LogP contribution is -2.43. The van der Waals surface area contributed by atoms with Crippen LogP contribution in [0.3, 0.4) is 0 Å². The first-order valence-electron chi connectivity index (χ1n) is 6.73. The van der Waals surface area contributed by atoms with Crippen molar-refractivity contribution in [2.75, 3.05) is 6.61 Å². The van der Waals surface area contributed by atoms with E-state index in [2.05, 4.69) is 10.9 Å². The molecule has 0 aliphatic heterocycles. The first-order chi connectivity index (χ1) is 11.0. The maximum absolute atomic E-state index is 11.8. The highest BCUT2D eigenvalue weighted by Crippen LogP contribution is 2.20. The monoisotopic (exact) mass is 334 g/mol. The SMILES string of the molecule is Cc1cc(OCC(=O)NNC(=O)c2ccccc2O)ccc1Cl. The van der Waals surface area contributed by atoms with Crippen molar-refractivity contribution in [1.29, 1.82) is 0 Å². The van der Waals surface area contributed by atoms with Crippen molar-refractivity contribution < 1.29 is 19.4 Å². The van der Waals surface area contributed by atoms with Crippen molar-refractivity contribution >= 4 is 23.4 Å². The molecule has 6 nitrogen and oxygen atoms in total. The van der Waals surface area contributed by atoms with Gasteiger partial charge in [0.15, 0.2) is 6.61 Å². The Hall–Kier alpha value is -2.73. The lowest BCUT2D eigenvalue weighted by molar-refractivity contribution is -0.123. The molecule has 120 valence electrons. The van der Waals surface area contributed by atoms with Crippen LogP contribution in [0, 0.1) is 6.92 Å². The number of phenolic OH excluding ortho intramolecular Hbond substituents is 1. The van der Waals surface area contributed by atoms with Gasteiger partial charge in [-0.3, -0.25) is 20.4 Å². The number of phenols is 1. The summed E-state index contributed by atoms with van der Waals surface area (Å²) in [6, 6.07) is 11.0.